The summed E-state index contributed by atoms with van der Waals surface area (Å²) in [6.07, 6.45) is 0. The quantitative estimate of drug-likeness (QED) is 0.162. The molecule has 0 aliphatic heterocycles. The summed E-state index contributed by atoms with van der Waals surface area (Å²) in [5.41, 5.74) is 9.51. The summed E-state index contributed by atoms with van der Waals surface area (Å²) in [6.45, 7) is 11.9. The van der Waals surface area contributed by atoms with Gasteiger partial charge in [0.2, 0.25) is 7.49 Å². The normalized spacial score (nSPS) is 12.2. The molecule has 0 fully saturated rings. The van der Waals surface area contributed by atoms with E-state index in [-0.39, 0.29) is 42.9 Å². The van der Waals surface area contributed by atoms with Crippen LogP contribution in [0, 0.1) is 0 Å². The highest BCUT2D eigenvalue weighted by atomic mass is 31.2. The van der Waals surface area contributed by atoms with Gasteiger partial charge in [-0.2, -0.15) is 5.10 Å². The summed E-state index contributed by atoms with van der Waals surface area (Å²) in [5, 5.41) is 4.22. The van der Waals surface area contributed by atoms with Gasteiger partial charge >= 0.3 is 12.0 Å². The Kier molecular flexibility index (Phi) is 12.0. The maximum Gasteiger partial charge on any atom is 0.346 e. The van der Waals surface area contributed by atoms with E-state index in [1.54, 1.807) is 13.8 Å². The molecule has 0 spiro atoms. The highest BCUT2D eigenvalue weighted by Crippen LogP contribution is 2.59. The number of benzene rings is 2. The zero-order valence-corrected chi connectivity index (χ0v) is 23.4. The molecule has 0 heterocycles. The average molecular weight is 531 g/mol. The summed E-state index contributed by atoms with van der Waals surface area (Å²) >= 11 is 0. The molecule has 0 saturated heterocycles. The fraction of sp³-hybridized carbons (Fsp3) is 0.407. The molecular formula is C27H39N4O5P. The maximum absolute atomic E-state index is 13.6. The molecule has 0 unspecified atom stereocenters. The van der Waals surface area contributed by atoms with E-state index in [2.05, 4.69) is 15.2 Å². The van der Waals surface area contributed by atoms with Gasteiger partial charge in [0.25, 0.3) is 0 Å². The van der Waals surface area contributed by atoms with Crippen molar-refractivity contribution in [2.75, 3.05) is 6.61 Å². The lowest BCUT2D eigenvalue weighted by Gasteiger charge is -2.43. The molecule has 0 radical (unpaired) electrons. The van der Waals surface area contributed by atoms with Gasteiger partial charge in [-0.3, -0.25) is 0 Å². The lowest BCUT2D eigenvalue weighted by Crippen LogP contribution is -2.41. The Hall–Kier alpha value is -2.97. The fourth-order valence-electron chi connectivity index (χ4n) is 3.95. The van der Waals surface area contributed by atoms with Gasteiger partial charge in [0.1, 0.15) is 5.29 Å². The Morgan fingerprint density at radius 3 is 1.76 bits per heavy atom. The number of nitrogens with one attached hydrogen (secondary N) is 1. The lowest BCUT2D eigenvalue weighted by molar-refractivity contribution is -0.134. The number of hydrogen-bond donors (Lipinski definition) is 2. The zero-order valence-electron chi connectivity index (χ0n) is 22.5. The number of rotatable bonds is 13. The number of ether oxygens (including phenoxy) is 1. The molecule has 202 valence electrons. The second-order valence-corrected chi connectivity index (χ2v) is 11.3. The van der Waals surface area contributed by atoms with Gasteiger partial charge in [0, 0.05) is 12.1 Å². The number of carbonyl (C=O) groups is 2. The first kappa shape index (κ1) is 30.3. The summed E-state index contributed by atoms with van der Waals surface area (Å²) in [7, 11) is -3.41. The Labute approximate surface area is 220 Å². The second kappa shape index (κ2) is 14.7. The summed E-state index contributed by atoms with van der Waals surface area (Å²) in [5.74, 6) is -0.629. The SMILES string of the molecule is CCOC(=O)C(/C(C)=N/NC(N)=O)=P(OCc1ccccc1)(OCc1ccccc1)N(C(C)C)C(C)C. The molecule has 2 rings (SSSR count). The van der Waals surface area contributed by atoms with Crippen molar-refractivity contribution in [3.05, 3.63) is 71.8 Å². The standard InChI is InChI=1S/C27H39N4O5P/c1-7-34-26(32)25(22(6)29-30-27(28)33)37(31(20(2)3)21(4)5,35-18-23-14-10-8-11-15-23)36-19-24-16-12-9-13-17-24/h8-17,20-21H,7,18-19H2,1-6H3,(H3,28,30,33)/b29-22+. The van der Waals surface area contributed by atoms with Gasteiger partial charge in [0.15, 0.2) is 0 Å². The Balaban J connectivity index is 2.89. The van der Waals surface area contributed by atoms with E-state index in [4.69, 9.17) is 19.5 Å². The number of hydrogen-bond acceptors (Lipinski definition) is 7. The molecular weight excluding hydrogens is 491 g/mol. The average Bonchev–Trinajstić information content (AvgIpc) is 2.86. The van der Waals surface area contributed by atoms with Crippen LogP contribution in [0.2, 0.25) is 0 Å². The summed E-state index contributed by atoms with van der Waals surface area (Å²) < 4.78 is 21.0. The molecule has 0 aromatic heterocycles. The number of urea groups is 1. The van der Waals surface area contributed by atoms with Crippen LogP contribution in [0.5, 0.6) is 0 Å². The van der Waals surface area contributed by atoms with Crippen LogP contribution in [0.3, 0.4) is 0 Å². The highest BCUT2D eigenvalue weighted by molar-refractivity contribution is 7.69. The van der Waals surface area contributed by atoms with E-state index >= 15 is 0 Å². The molecule has 0 atom stereocenters. The van der Waals surface area contributed by atoms with Crippen molar-refractivity contribution in [3.8, 4) is 0 Å². The van der Waals surface area contributed by atoms with Crippen molar-refractivity contribution in [1.29, 1.82) is 0 Å². The van der Waals surface area contributed by atoms with Crippen LogP contribution >= 0.6 is 7.49 Å². The molecule has 9 nitrogen and oxygen atoms in total. The minimum absolute atomic E-state index is 0.0822. The van der Waals surface area contributed by atoms with Crippen LogP contribution in [-0.4, -0.2) is 46.4 Å². The van der Waals surface area contributed by atoms with Crippen LogP contribution in [-0.2, 0) is 31.8 Å². The first-order valence-corrected chi connectivity index (χ1v) is 13.9. The predicted molar refractivity (Wildman–Crippen MR) is 149 cm³/mol. The van der Waals surface area contributed by atoms with E-state index in [1.807, 2.05) is 88.4 Å². The van der Waals surface area contributed by atoms with E-state index in [0.717, 1.165) is 11.1 Å². The summed E-state index contributed by atoms with van der Waals surface area (Å²) in [4.78, 5) is 25.1. The van der Waals surface area contributed by atoms with Gasteiger partial charge in [-0.05, 0) is 52.7 Å². The van der Waals surface area contributed by atoms with Crippen molar-refractivity contribution in [2.45, 2.75) is 66.8 Å². The molecule has 0 aliphatic rings. The van der Waals surface area contributed by atoms with Crippen LogP contribution < -0.4 is 11.2 Å². The maximum atomic E-state index is 13.6. The monoisotopic (exact) mass is 530 g/mol. The lowest BCUT2D eigenvalue weighted by atomic mass is 10.2. The van der Waals surface area contributed by atoms with E-state index < -0.39 is 19.5 Å². The third-order valence-corrected chi connectivity index (χ3v) is 8.85. The number of hydrazone groups is 1. The first-order valence-electron chi connectivity index (χ1n) is 12.3. The van der Waals surface area contributed by atoms with Crippen LogP contribution in [0.4, 0.5) is 4.79 Å². The highest BCUT2D eigenvalue weighted by Gasteiger charge is 2.41. The predicted octanol–water partition coefficient (Wildman–Crippen LogP) is 5.08. The molecule has 3 N–H and O–H groups in total. The van der Waals surface area contributed by atoms with Crippen molar-refractivity contribution in [3.63, 3.8) is 0 Å². The smallest absolute Gasteiger partial charge is 0.346 e. The summed E-state index contributed by atoms with van der Waals surface area (Å²) in [6, 6.07) is 18.3. The van der Waals surface area contributed by atoms with E-state index in [0.29, 0.717) is 0 Å². The van der Waals surface area contributed by atoms with Gasteiger partial charge < -0.3 is 19.5 Å². The Morgan fingerprint density at radius 1 is 0.919 bits per heavy atom. The number of esters is 1. The van der Waals surface area contributed by atoms with Gasteiger partial charge in [0.05, 0.1) is 25.5 Å². The molecule has 2 aromatic rings. The van der Waals surface area contributed by atoms with Crippen molar-refractivity contribution >= 4 is 30.5 Å². The largest absolute Gasteiger partial charge is 0.462 e. The van der Waals surface area contributed by atoms with Crippen LogP contribution in [0.15, 0.2) is 65.8 Å². The number of carbonyl (C=O) groups excluding carboxylic acids is 2. The minimum Gasteiger partial charge on any atom is -0.462 e. The molecule has 0 aliphatic carbocycles. The van der Waals surface area contributed by atoms with Crippen LogP contribution in [0.1, 0.15) is 52.7 Å². The molecule has 37 heavy (non-hydrogen) atoms. The van der Waals surface area contributed by atoms with E-state index in [9.17, 15) is 9.59 Å². The van der Waals surface area contributed by atoms with Gasteiger partial charge in [-0.15, -0.1) is 0 Å². The number of nitrogens with two attached hydrogens (primary N) is 1. The topological polar surface area (TPSA) is 115 Å². The third-order valence-electron chi connectivity index (χ3n) is 5.29. The number of amides is 2. The minimum atomic E-state index is -3.41. The van der Waals surface area contributed by atoms with Crippen molar-refractivity contribution in [1.82, 2.24) is 10.1 Å². The first-order chi connectivity index (χ1) is 17.6. The molecule has 2 aromatic carbocycles. The van der Waals surface area contributed by atoms with E-state index in [1.165, 1.54) is 0 Å². The zero-order chi connectivity index (χ0) is 27.4. The van der Waals surface area contributed by atoms with Crippen molar-refractivity contribution in [2.24, 2.45) is 10.8 Å². The second-order valence-electron chi connectivity index (χ2n) is 8.85. The molecule has 2 amide bonds. The number of primary amides is 1. The fourth-order valence-corrected chi connectivity index (χ4v) is 7.40. The van der Waals surface area contributed by atoms with Gasteiger partial charge in [-0.1, -0.05) is 60.7 Å². The Bertz CT molecular complexity index is 1050. The molecule has 0 saturated carbocycles. The molecule has 0 bridgehead atoms. The Morgan fingerprint density at radius 2 is 1.38 bits per heavy atom. The number of nitrogens with zero attached hydrogens (tertiary/aromatic N) is 2. The van der Waals surface area contributed by atoms with Gasteiger partial charge in [-0.25, -0.2) is 19.7 Å². The van der Waals surface area contributed by atoms with Crippen molar-refractivity contribution < 1.29 is 23.4 Å². The third kappa shape index (κ3) is 8.54. The van der Waals surface area contributed by atoms with Crippen LogP contribution in [0.25, 0.3) is 0 Å². The molecule has 10 heteroatoms.